The highest BCUT2D eigenvalue weighted by molar-refractivity contribution is 5.68. The van der Waals surface area contributed by atoms with Gasteiger partial charge in [-0.2, -0.15) is 0 Å². The van der Waals surface area contributed by atoms with Gasteiger partial charge in [0.25, 0.3) is 0 Å². The highest BCUT2D eigenvalue weighted by atomic mass is 16.6. The lowest BCUT2D eigenvalue weighted by molar-refractivity contribution is 0.00942. The Morgan fingerprint density at radius 3 is 2.35 bits per heavy atom. The predicted molar refractivity (Wildman–Crippen MR) is 120 cm³/mol. The van der Waals surface area contributed by atoms with Crippen LogP contribution < -0.4 is 5.32 Å². The largest absolute Gasteiger partial charge is 0.445 e. The Bertz CT molecular complexity index is 679. The van der Waals surface area contributed by atoms with E-state index in [1.54, 1.807) is 4.90 Å². The van der Waals surface area contributed by atoms with Crippen molar-refractivity contribution in [1.82, 2.24) is 10.2 Å². The quantitative estimate of drug-likeness (QED) is 0.647. The van der Waals surface area contributed by atoms with Gasteiger partial charge in [-0.15, -0.1) is 0 Å². The molecule has 1 aromatic rings. The van der Waals surface area contributed by atoms with Crippen LogP contribution in [0.25, 0.3) is 0 Å². The van der Waals surface area contributed by atoms with E-state index < -0.39 is 11.7 Å². The molecule has 7 heteroatoms. The number of nitrogens with one attached hydrogen (secondary N) is 1. The molecular weight excluding hydrogens is 396 g/mol. The molecule has 0 aromatic heterocycles. The van der Waals surface area contributed by atoms with Crippen LogP contribution in [0, 0.1) is 11.8 Å². The van der Waals surface area contributed by atoms with Gasteiger partial charge in [-0.1, -0.05) is 44.2 Å². The summed E-state index contributed by atoms with van der Waals surface area (Å²) in [6, 6.07) is 9.48. The van der Waals surface area contributed by atoms with Gasteiger partial charge in [0.05, 0.1) is 12.6 Å². The van der Waals surface area contributed by atoms with E-state index in [0.29, 0.717) is 32.2 Å². The van der Waals surface area contributed by atoms with Crippen molar-refractivity contribution in [3.63, 3.8) is 0 Å². The van der Waals surface area contributed by atoms with Crippen molar-refractivity contribution < 1.29 is 23.8 Å². The first-order chi connectivity index (χ1) is 14.6. The molecule has 1 atom stereocenters. The van der Waals surface area contributed by atoms with Gasteiger partial charge in [0.1, 0.15) is 12.2 Å². The second kappa shape index (κ2) is 11.9. The average Bonchev–Trinajstić information content (AvgIpc) is 2.71. The fourth-order valence-electron chi connectivity index (χ4n) is 3.29. The Labute approximate surface area is 186 Å². The minimum absolute atomic E-state index is 0.120. The predicted octanol–water partition coefficient (Wildman–Crippen LogP) is 4.60. The van der Waals surface area contributed by atoms with E-state index in [4.69, 9.17) is 14.2 Å². The van der Waals surface area contributed by atoms with E-state index in [2.05, 4.69) is 5.32 Å². The highest BCUT2D eigenvalue weighted by Gasteiger charge is 2.27. The Morgan fingerprint density at radius 2 is 1.77 bits per heavy atom. The van der Waals surface area contributed by atoms with Gasteiger partial charge in [-0.05, 0) is 51.0 Å². The van der Waals surface area contributed by atoms with Crippen LogP contribution in [-0.4, -0.2) is 55.0 Å². The van der Waals surface area contributed by atoms with E-state index >= 15 is 0 Å². The summed E-state index contributed by atoms with van der Waals surface area (Å²) >= 11 is 0. The van der Waals surface area contributed by atoms with Crippen LogP contribution in [0.3, 0.4) is 0 Å². The van der Waals surface area contributed by atoms with Gasteiger partial charge in [0.2, 0.25) is 0 Å². The smallest absolute Gasteiger partial charge is 0.410 e. The van der Waals surface area contributed by atoms with Crippen LogP contribution in [-0.2, 0) is 20.8 Å². The number of piperidine rings is 1. The number of benzene rings is 1. The number of carbonyl (C=O) groups excluding carboxylic acids is 2. The summed E-state index contributed by atoms with van der Waals surface area (Å²) in [6.45, 7) is 12.4. The van der Waals surface area contributed by atoms with Gasteiger partial charge < -0.3 is 24.4 Å². The lowest BCUT2D eigenvalue weighted by Crippen LogP contribution is -2.44. The number of carbonyl (C=O) groups is 2. The molecular formula is C24H38N2O5. The van der Waals surface area contributed by atoms with Gasteiger partial charge >= 0.3 is 12.2 Å². The number of nitrogens with zero attached hydrogens (tertiary/aromatic N) is 1. The van der Waals surface area contributed by atoms with E-state index in [0.717, 1.165) is 18.4 Å². The molecule has 1 aliphatic heterocycles. The van der Waals surface area contributed by atoms with Crippen LogP contribution in [0.5, 0.6) is 0 Å². The Morgan fingerprint density at radius 1 is 1.13 bits per heavy atom. The fraction of sp³-hybridized carbons (Fsp3) is 0.667. The minimum Gasteiger partial charge on any atom is -0.445 e. The third-order valence-corrected chi connectivity index (χ3v) is 5.24. The van der Waals surface area contributed by atoms with E-state index in [1.807, 2.05) is 65.0 Å². The summed E-state index contributed by atoms with van der Waals surface area (Å²) in [5.41, 5.74) is 0.478. The number of hydrogen-bond acceptors (Lipinski definition) is 5. The second-order valence-corrected chi connectivity index (χ2v) is 9.50. The van der Waals surface area contributed by atoms with Gasteiger partial charge in [-0.25, -0.2) is 9.59 Å². The third-order valence-electron chi connectivity index (χ3n) is 5.24. The Balaban J connectivity index is 1.67. The van der Waals surface area contributed by atoms with E-state index in [-0.39, 0.29) is 24.7 Å². The van der Waals surface area contributed by atoms with Crippen molar-refractivity contribution in [3.8, 4) is 0 Å². The van der Waals surface area contributed by atoms with Crippen LogP contribution in [0.2, 0.25) is 0 Å². The molecule has 1 aromatic carbocycles. The number of alkyl carbamates (subject to hydrolysis) is 1. The first-order valence-electron chi connectivity index (χ1n) is 11.2. The van der Waals surface area contributed by atoms with Crippen molar-refractivity contribution in [2.45, 2.75) is 65.7 Å². The highest BCUT2D eigenvalue weighted by Crippen LogP contribution is 2.20. The van der Waals surface area contributed by atoms with Crippen molar-refractivity contribution >= 4 is 12.2 Å². The molecule has 1 fully saturated rings. The SMILES string of the molecule is CC(C)[C@H](COCC1CCN(C(=O)OC(C)(C)C)CC1)NC(=O)OCc1ccccc1. The van der Waals surface area contributed by atoms with Gasteiger partial charge in [0.15, 0.2) is 0 Å². The summed E-state index contributed by atoms with van der Waals surface area (Å²) in [7, 11) is 0. The van der Waals surface area contributed by atoms with E-state index in [1.165, 1.54) is 0 Å². The van der Waals surface area contributed by atoms with Crippen LogP contribution in [0.15, 0.2) is 30.3 Å². The molecule has 1 N–H and O–H groups in total. The molecule has 0 bridgehead atoms. The molecule has 1 saturated heterocycles. The maximum Gasteiger partial charge on any atom is 0.410 e. The zero-order chi connectivity index (χ0) is 22.9. The lowest BCUT2D eigenvalue weighted by atomic mass is 9.98. The lowest BCUT2D eigenvalue weighted by Gasteiger charge is -2.33. The third kappa shape index (κ3) is 9.59. The number of likely N-dealkylation sites (tertiary alicyclic amines) is 1. The molecule has 0 unspecified atom stereocenters. The number of hydrogen-bond donors (Lipinski definition) is 1. The first-order valence-corrected chi connectivity index (χ1v) is 11.2. The first kappa shape index (κ1) is 25.0. The average molecular weight is 435 g/mol. The second-order valence-electron chi connectivity index (χ2n) is 9.50. The molecule has 0 saturated carbocycles. The zero-order valence-electron chi connectivity index (χ0n) is 19.6. The summed E-state index contributed by atoms with van der Waals surface area (Å²) in [6.07, 6.45) is 1.10. The normalized spacial score (nSPS) is 16.1. The Hall–Kier alpha value is -2.28. The van der Waals surface area contributed by atoms with Crippen molar-refractivity contribution in [2.24, 2.45) is 11.8 Å². The maximum absolute atomic E-state index is 12.2. The van der Waals surface area contributed by atoms with Crippen molar-refractivity contribution in [1.29, 1.82) is 0 Å². The molecule has 2 amide bonds. The summed E-state index contributed by atoms with van der Waals surface area (Å²) in [5, 5.41) is 2.91. The van der Waals surface area contributed by atoms with Crippen molar-refractivity contribution in [2.75, 3.05) is 26.3 Å². The molecule has 0 aliphatic carbocycles. The van der Waals surface area contributed by atoms with E-state index in [9.17, 15) is 9.59 Å². The summed E-state index contributed by atoms with van der Waals surface area (Å²) in [4.78, 5) is 26.1. The summed E-state index contributed by atoms with van der Waals surface area (Å²) in [5.74, 6) is 0.620. The van der Waals surface area contributed by atoms with Crippen LogP contribution >= 0.6 is 0 Å². The minimum atomic E-state index is -0.474. The van der Waals surface area contributed by atoms with Gasteiger partial charge in [-0.3, -0.25) is 0 Å². The van der Waals surface area contributed by atoms with Crippen LogP contribution in [0.1, 0.15) is 53.0 Å². The Kier molecular flexibility index (Phi) is 9.62. The monoisotopic (exact) mass is 434 g/mol. The molecule has 7 nitrogen and oxygen atoms in total. The fourth-order valence-corrected chi connectivity index (χ4v) is 3.29. The molecule has 1 heterocycles. The van der Waals surface area contributed by atoms with Crippen molar-refractivity contribution in [3.05, 3.63) is 35.9 Å². The number of ether oxygens (including phenoxy) is 3. The topological polar surface area (TPSA) is 77.1 Å². The number of rotatable bonds is 8. The molecule has 0 radical (unpaired) electrons. The maximum atomic E-state index is 12.2. The zero-order valence-corrected chi connectivity index (χ0v) is 19.6. The number of amides is 2. The molecule has 174 valence electrons. The van der Waals surface area contributed by atoms with Crippen LogP contribution in [0.4, 0.5) is 9.59 Å². The molecule has 31 heavy (non-hydrogen) atoms. The standard InChI is InChI=1S/C24H38N2O5/c1-18(2)21(25-22(27)30-16-19-9-7-6-8-10-19)17-29-15-20-11-13-26(14-12-20)23(28)31-24(3,4)5/h6-10,18,20-21H,11-17H2,1-5H3,(H,25,27)/t21-/m0/s1. The van der Waals surface area contributed by atoms with Gasteiger partial charge in [0, 0.05) is 19.7 Å². The molecule has 0 spiro atoms. The molecule has 2 rings (SSSR count). The summed E-state index contributed by atoms with van der Waals surface area (Å²) < 4.78 is 16.7. The molecule has 1 aliphatic rings.